The molecule has 1 aromatic heterocycles. The molecule has 0 spiro atoms. The highest BCUT2D eigenvalue weighted by Gasteiger charge is 2.29. The third kappa shape index (κ3) is 6.35. The summed E-state index contributed by atoms with van der Waals surface area (Å²) in [6.45, 7) is 2.31. The minimum absolute atomic E-state index is 0.112. The molecule has 0 aliphatic heterocycles. The molecular weight excluding hydrogens is 571 g/mol. The van der Waals surface area contributed by atoms with E-state index in [4.69, 9.17) is 16.6 Å². The lowest BCUT2D eigenvalue weighted by Gasteiger charge is -2.32. The fourth-order valence-corrected chi connectivity index (χ4v) is 5.54. The molecule has 2 amide bonds. The second-order valence-electron chi connectivity index (χ2n) is 9.74. The molecule has 214 valence electrons. The predicted molar refractivity (Wildman–Crippen MR) is 169 cm³/mol. The summed E-state index contributed by atoms with van der Waals surface area (Å²) in [4.78, 5) is 35.7. The average molecular weight is 601 g/mol. The van der Waals surface area contributed by atoms with Crippen LogP contribution in [0, 0.1) is 5.82 Å². The largest absolute Gasteiger partial charge is 0.322 e. The molecule has 5 aromatic rings. The van der Waals surface area contributed by atoms with Crippen LogP contribution in [0.25, 0.3) is 16.6 Å². The van der Waals surface area contributed by atoms with Crippen LogP contribution in [0.2, 0.25) is 5.02 Å². The molecular formula is C33H30ClFN4O2S. The number of urea groups is 1. The minimum Gasteiger partial charge on any atom is -0.314 e. The summed E-state index contributed by atoms with van der Waals surface area (Å²) in [5.41, 5.74) is 2.29. The van der Waals surface area contributed by atoms with Crippen LogP contribution < -0.4 is 10.9 Å². The first-order valence-corrected chi connectivity index (χ1v) is 15.2. The van der Waals surface area contributed by atoms with Crippen molar-refractivity contribution in [3.05, 3.63) is 130 Å². The molecule has 0 fully saturated rings. The number of halogens is 2. The number of nitrogens with zero attached hydrogens (tertiary/aromatic N) is 3. The van der Waals surface area contributed by atoms with Gasteiger partial charge in [-0.25, -0.2) is 14.2 Å². The number of para-hydroxylation sites is 1. The van der Waals surface area contributed by atoms with Gasteiger partial charge in [-0.2, -0.15) is 0 Å². The van der Waals surface area contributed by atoms with Crippen molar-refractivity contribution >= 4 is 46.0 Å². The molecule has 0 aliphatic carbocycles. The maximum absolute atomic E-state index is 14.1. The zero-order chi connectivity index (χ0) is 29.6. The summed E-state index contributed by atoms with van der Waals surface area (Å²) in [5.74, 6) is -0.225. The number of anilines is 1. The SMILES string of the molecule is CCC(c1nc2ccccc2c(=O)n1-c1ccc(F)c(Cl)c1)N(CCc1ccccc1)C(=O)Nc1ccc(SC)cc1. The van der Waals surface area contributed by atoms with Crippen LogP contribution in [-0.4, -0.2) is 33.3 Å². The number of benzene rings is 4. The zero-order valence-electron chi connectivity index (χ0n) is 23.3. The van der Waals surface area contributed by atoms with E-state index < -0.39 is 11.9 Å². The summed E-state index contributed by atoms with van der Waals surface area (Å²) in [5, 5.41) is 3.33. The molecule has 1 atom stereocenters. The van der Waals surface area contributed by atoms with E-state index in [1.165, 1.54) is 22.8 Å². The number of hydrogen-bond donors (Lipinski definition) is 1. The number of thioether (sulfide) groups is 1. The number of nitrogens with one attached hydrogen (secondary N) is 1. The Labute approximate surface area is 253 Å². The highest BCUT2D eigenvalue weighted by Crippen LogP contribution is 2.29. The molecule has 0 saturated carbocycles. The van der Waals surface area contributed by atoms with Crippen molar-refractivity contribution in [1.82, 2.24) is 14.5 Å². The summed E-state index contributed by atoms with van der Waals surface area (Å²) >= 11 is 7.78. The van der Waals surface area contributed by atoms with Crippen molar-refractivity contribution in [2.75, 3.05) is 18.1 Å². The van der Waals surface area contributed by atoms with E-state index in [9.17, 15) is 14.0 Å². The summed E-state index contributed by atoms with van der Waals surface area (Å²) in [6.07, 6.45) is 3.05. The van der Waals surface area contributed by atoms with E-state index in [-0.39, 0.29) is 16.6 Å². The van der Waals surface area contributed by atoms with Gasteiger partial charge in [-0.05, 0) is 79.3 Å². The normalized spacial score (nSPS) is 11.8. The Bertz CT molecular complexity index is 1760. The first-order valence-electron chi connectivity index (χ1n) is 13.6. The Morgan fingerprint density at radius 3 is 2.43 bits per heavy atom. The van der Waals surface area contributed by atoms with E-state index in [0.29, 0.717) is 47.5 Å². The fraction of sp³-hybridized carbons (Fsp3) is 0.182. The first kappa shape index (κ1) is 29.4. The van der Waals surface area contributed by atoms with E-state index in [0.717, 1.165) is 10.5 Å². The van der Waals surface area contributed by atoms with Crippen molar-refractivity contribution in [2.24, 2.45) is 0 Å². The van der Waals surface area contributed by atoms with Crippen LogP contribution in [0.1, 0.15) is 30.8 Å². The Morgan fingerprint density at radius 1 is 1.02 bits per heavy atom. The quantitative estimate of drug-likeness (QED) is 0.173. The van der Waals surface area contributed by atoms with Gasteiger partial charge in [0.05, 0.1) is 27.7 Å². The zero-order valence-corrected chi connectivity index (χ0v) is 24.8. The number of carbonyl (C=O) groups excluding carboxylic acids is 1. The van der Waals surface area contributed by atoms with Crippen molar-refractivity contribution in [3.63, 3.8) is 0 Å². The van der Waals surface area contributed by atoms with Crippen molar-refractivity contribution in [2.45, 2.75) is 30.7 Å². The van der Waals surface area contributed by atoms with Gasteiger partial charge in [-0.3, -0.25) is 9.36 Å². The van der Waals surface area contributed by atoms with Crippen LogP contribution in [0.15, 0.2) is 107 Å². The lowest BCUT2D eigenvalue weighted by molar-refractivity contribution is 0.182. The van der Waals surface area contributed by atoms with Crippen molar-refractivity contribution in [1.29, 1.82) is 0 Å². The van der Waals surface area contributed by atoms with E-state index in [1.807, 2.05) is 73.8 Å². The maximum atomic E-state index is 14.1. The molecule has 9 heteroatoms. The Hall–Kier alpha value is -4.14. The van der Waals surface area contributed by atoms with Crippen LogP contribution in [0.5, 0.6) is 0 Å². The summed E-state index contributed by atoms with van der Waals surface area (Å²) < 4.78 is 15.6. The summed E-state index contributed by atoms with van der Waals surface area (Å²) in [7, 11) is 0. The topological polar surface area (TPSA) is 67.2 Å². The third-order valence-electron chi connectivity index (χ3n) is 7.11. The lowest BCUT2D eigenvalue weighted by atomic mass is 10.1. The van der Waals surface area contributed by atoms with Gasteiger partial charge in [0.2, 0.25) is 0 Å². The number of aromatic nitrogens is 2. The predicted octanol–water partition coefficient (Wildman–Crippen LogP) is 8.13. The third-order valence-corrected chi connectivity index (χ3v) is 8.14. The Morgan fingerprint density at radius 2 is 1.74 bits per heavy atom. The van der Waals surface area contributed by atoms with E-state index in [1.54, 1.807) is 34.9 Å². The average Bonchev–Trinajstić information content (AvgIpc) is 3.01. The monoisotopic (exact) mass is 600 g/mol. The molecule has 0 bridgehead atoms. The van der Waals surface area contributed by atoms with Crippen LogP contribution in [0.3, 0.4) is 0 Å². The Balaban J connectivity index is 1.63. The first-order chi connectivity index (χ1) is 20.4. The van der Waals surface area contributed by atoms with Crippen molar-refractivity contribution < 1.29 is 9.18 Å². The molecule has 1 unspecified atom stereocenters. The number of hydrogen-bond acceptors (Lipinski definition) is 4. The number of amides is 2. The lowest BCUT2D eigenvalue weighted by Crippen LogP contribution is -2.42. The van der Waals surface area contributed by atoms with Crippen LogP contribution in [-0.2, 0) is 6.42 Å². The molecule has 1 N–H and O–H groups in total. The second kappa shape index (κ2) is 13.2. The number of carbonyl (C=O) groups is 1. The van der Waals surface area contributed by atoms with Gasteiger partial charge in [-0.15, -0.1) is 11.8 Å². The van der Waals surface area contributed by atoms with Crippen molar-refractivity contribution in [3.8, 4) is 5.69 Å². The minimum atomic E-state index is -0.597. The molecule has 1 heterocycles. The fourth-order valence-electron chi connectivity index (χ4n) is 4.95. The smallest absolute Gasteiger partial charge is 0.314 e. The molecule has 0 aliphatic rings. The molecule has 5 rings (SSSR count). The highest BCUT2D eigenvalue weighted by atomic mass is 35.5. The van der Waals surface area contributed by atoms with E-state index in [2.05, 4.69) is 5.32 Å². The number of fused-ring (bicyclic) bond motifs is 1. The maximum Gasteiger partial charge on any atom is 0.322 e. The van der Waals surface area contributed by atoms with Gasteiger partial charge < -0.3 is 10.2 Å². The van der Waals surface area contributed by atoms with Gasteiger partial charge in [0.15, 0.2) is 0 Å². The molecule has 0 radical (unpaired) electrons. The highest BCUT2D eigenvalue weighted by molar-refractivity contribution is 7.98. The van der Waals surface area contributed by atoms with Crippen LogP contribution in [0.4, 0.5) is 14.9 Å². The Kier molecular flexibility index (Phi) is 9.25. The molecule has 0 saturated heterocycles. The van der Waals surface area contributed by atoms with Gasteiger partial charge in [0, 0.05) is 17.1 Å². The van der Waals surface area contributed by atoms with Gasteiger partial charge in [-0.1, -0.05) is 61.0 Å². The van der Waals surface area contributed by atoms with Gasteiger partial charge in [0.25, 0.3) is 5.56 Å². The second-order valence-corrected chi connectivity index (χ2v) is 11.0. The standard InChI is InChI=1S/C33H30ClFN4O2S/c1-3-30(31-37-29-12-8-7-11-26(29)32(40)39(31)24-15-18-28(35)27(34)21-24)38(20-19-22-9-5-4-6-10-22)33(41)36-23-13-16-25(42-2)17-14-23/h4-18,21,30H,3,19-20H2,1-2H3,(H,36,41). The molecule has 4 aromatic carbocycles. The molecule has 42 heavy (non-hydrogen) atoms. The van der Waals surface area contributed by atoms with E-state index >= 15 is 0 Å². The molecule has 6 nitrogen and oxygen atoms in total. The van der Waals surface area contributed by atoms with Crippen LogP contribution >= 0.6 is 23.4 Å². The summed E-state index contributed by atoms with van der Waals surface area (Å²) in [6, 6.07) is 27.8. The number of rotatable bonds is 9. The van der Waals surface area contributed by atoms with Gasteiger partial charge >= 0.3 is 6.03 Å². The van der Waals surface area contributed by atoms with Gasteiger partial charge in [0.1, 0.15) is 11.6 Å².